The van der Waals surface area contributed by atoms with E-state index in [1.54, 1.807) is 12.4 Å². The molecule has 3 heterocycles. The van der Waals surface area contributed by atoms with Gasteiger partial charge in [-0.2, -0.15) is 0 Å². The minimum Gasteiger partial charge on any atom is -0.388 e. The predicted octanol–water partition coefficient (Wildman–Crippen LogP) is 4.93. The largest absolute Gasteiger partial charge is 0.388 e. The number of halogens is 1. The first-order valence-corrected chi connectivity index (χ1v) is 9.06. The molecule has 1 aliphatic heterocycles. The number of hydrogen-bond donors (Lipinski definition) is 1. The van der Waals surface area contributed by atoms with Gasteiger partial charge in [-0.05, 0) is 34.5 Å². The minimum atomic E-state index is -0.879. The van der Waals surface area contributed by atoms with Gasteiger partial charge in [0.15, 0.2) is 0 Å². The van der Waals surface area contributed by atoms with Gasteiger partial charge >= 0.3 is 0 Å². The van der Waals surface area contributed by atoms with Gasteiger partial charge in [-0.1, -0.05) is 24.3 Å². The van der Waals surface area contributed by atoms with E-state index in [0.717, 1.165) is 26.9 Å². The lowest BCUT2D eigenvalue weighted by Crippen LogP contribution is -2.11. The molecule has 2 atom stereocenters. The molecule has 2 aromatic heterocycles. The fourth-order valence-corrected chi connectivity index (χ4v) is 4.56. The maximum Gasteiger partial charge on any atom is 0.130 e. The van der Waals surface area contributed by atoms with Gasteiger partial charge < -0.3 is 9.67 Å². The van der Waals surface area contributed by atoms with E-state index in [1.165, 1.54) is 17.4 Å². The summed E-state index contributed by atoms with van der Waals surface area (Å²) in [5.41, 5.74) is 3.68. The lowest BCUT2D eigenvalue weighted by Gasteiger charge is -2.20. The summed E-state index contributed by atoms with van der Waals surface area (Å²) in [6.07, 6.45) is 3.15. The molecule has 0 saturated carbocycles. The summed E-state index contributed by atoms with van der Waals surface area (Å²) in [4.78, 5) is 4.23. The third-order valence-corrected chi connectivity index (χ3v) is 5.85. The molecule has 3 nitrogen and oxygen atoms in total. The quantitative estimate of drug-likeness (QED) is 0.569. The molecule has 1 N–H and O–H groups in total. The molecule has 124 valence electrons. The van der Waals surface area contributed by atoms with Crippen LogP contribution in [0, 0.1) is 5.82 Å². The van der Waals surface area contributed by atoms with Gasteiger partial charge in [0, 0.05) is 22.2 Å². The van der Waals surface area contributed by atoms with Crippen molar-refractivity contribution in [3.8, 4) is 11.3 Å². The van der Waals surface area contributed by atoms with Crippen LogP contribution in [0.4, 0.5) is 4.39 Å². The van der Waals surface area contributed by atoms with E-state index in [9.17, 15) is 9.50 Å². The van der Waals surface area contributed by atoms with Crippen LogP contribution in [0.5, 0.6) is 0 Å². The Hall–Kier alpha value is -2.50. The van der Waals surface area contributed by atoms with Crippen LogP contribution in [0.1, 0.15) is 29.7 Å². The number of imidazole rings is 1. The molecule has 25 heavy (non-hydrogen) atoms. The molecule has 0 bridgehead atoms. The van der Waals surface area contributed by atoms with Gasteiger partial charge in [0.25, 0.3) is 0 Å². The molecule has 2 unspecified atom stereocenters. The Morgan fingerprint density at radius 3 is 3.04 bits per heavy atom. The van der Waals surface area contributed by atoms with Crippen molar-refractivity contribution in [2.24, 2.45) is 0 Å². The van der Waals surface area contributed by atoms with Crippen molar-refractivity contribution < 1.29 is 9.50 Å². The zero-order valence-corrected chi connectivity index (χ0v) is 14.1. The number of thiophene rings is 1. The maximum absolute atomic E-state index is 14.5. The summed E-state index contributed by atoms with van der Waals surface area (Å²) in [5, 5.41) is 13.7. The van der Waals surface area contributed by atoms with Crippen LogP contribution in [-0.4, -0.2) is 14.7 Å². The number of aliphatic hydroxyl groups is 1. The molecule has 2 aromatic carbocycles. The van der Waals surface area contributed by atoms with Crippen LogP contribution in [-0.2, 0) is 0 Å². The Balaban J connectivity index is 1.53. The van der Waals surface area contributed by atoms with E-state index in [4.69, 9.17) is 0 Å². The normalized spacial score (nSPS) is 16.8. The Morgan fingerprint density at radius 1 is 1.24 bits per heavy atom. The average Bonchev–Trinajstić information content (AvgIpc) is 3.31. The molecule has 0 fully saturated rings. The highest BCUT2D eigenvalue weighted by atomic mass is 32.1. The maximum atomic E-state index is 14.5. The van der Waals surface area contributed by atoms with Crippen LogP contribution in [0.25, 0.3) is 21.3 Å². The highest BCUT2D eigenvalue weighted by Crippen LogP contribution is 2.43. The highest BCUT2D eigenvalue weighted by molar-refractivity contribution is 7.17. The fraction of sp³-hybridized carbons (Fsp3) is 0.150. The van der Waals surface area contributed by atoms with Crippen molar-refractivity contribution in [3.05, 3.63) is 77.3 Å². The molecule has 0 saturated heterocycles. The molecule has 5 heteroatoms. The van der Waals surface area contributed by atoms with E-state index in [1.807, 2.05) is 29.8 Å². The van der Waals surface area contributed by atoms with Crippen molar-refractivity contribution in [1.82, 2.24) is 9.55 Å². The van der Waals surface area contributed by atoms with E-state index in [2.05, 4.69) is 21.7 Å². The minimum absolute atomic E-state index is 0.0405. The second-order valence-electron chi connectivity index (χ2n) is 6.37. The fourth-order valence-electron chi connectivity index (χ4n) is 3.77. The SMILES string of the molecule is OC(CC1c2ccccc2-c2cncn21)c1cc2ccsc2cc1F. The number of nitrogens with zero attached hydrogens (tertiary/aromatic N) is 2. The Labute approximate surface area is 148 Å². The molecule has 4 aromatic rings. The summed E-state index contributed by atoms with van der Waals surface area (Å²) >= 11 is 1.50. The number of hydrogen-bond acceptors (Lipinski definition) is 3. The van der Waals surface area contributed by atoms with Gasteiger partial charge in [0.2, 0.25) is 0 Å². The monoisotopic (exact) mass is 350 g/mol. The van der Waals surface area contributed by atoms with Crippen LogP contribution in [0.2, 0.25) is 0 Å². The third-order valence-electron chi connectivity index (χ3n) is 4.97. The molecule has 0 spiro atoms. The number of rotatable bonds is 3. The van der Waals surface area contributed by atoms with Crippen LogP contribution >= 0.6 is 11.3 Å². The van der Waals surface area contributed by atoms with Crippen molar-refractivity contribution in [2.75, 3.05) is 0 Å². The zero-order chi connectivity index (χ0) is 17.0. The lowest BCUT2D eigenvalue weighted by molar-refractivity contribution is 0.149. The molecular formula is C20H15FN2OS. The summed E-state index contributed by atoms with van der Waals surface area (Å²) in [5.74, 6) is -0.348. The summed E-state index contributed by atoms with van der Waals surface area (Å²) < 4.78 is 17.4. The number of fused-ring (bicyclic) bond motifs is 4. The zero-order valence-electron chi connectivity index (χ0n) is 13.3. The van der Waals surface area contributed by atoms with Crippen LogP contribution in [0.3, 0.4) is 0 Å². The molecule has 0 aliphatic carbocycles. The van der Waals surface area contributed by atoms with Gasteiger partial charge in [-0.3, -0.25) is 0 Å². The first-order chi connectivity index (χ1) is 12.2. The van der Waals surface area contributed by atoms with Gasteiger partial charge in [-0.15, -0.1) is 11.3 Å². The molecule has 0 radical (unpaired) electrons. The van der Waals surface area contributed by atoms with Crippen molar-refractivity contribution in [1.29, 1.82) is 0 Å². The van der Waals surface area contributed by atoms with E-state index >= 15 is 0 Å². The van der Waals surface area contributed by atoms with E-state index in [0.29, 0.717) is 12.0 Å². The standard InChI is InChI=1S/C20H15FN2OS/c21-16-8-20-12(5-6-25-20)7-15(16)19(24)9-17-13-3-1-2-4-14(13)18-10-22-11-23(17)18/h1-8,10-11,17,19,24H,9H2. The van der Waals surface area contributed by atoms with E-state index in [-0.39, 0.29) is 11.9 Å². The second-order valence-corrected chi connectivity index (χ2v) is 7.32. The Bertz CT molecular complexity index is 1080. The van der Waals surface area contributed by atoms with Crippen molar-refractivity contribution >= 4 is 21.4 Å². The Kier molecular flexibility index (Phi) is 3.26. The smallest absolute Gasteiger partial charge is 0.130 e. The topological polar surface area (TPSA) is 38.1 Å². The summed E-state index contributed by atoms with van der Waals surface area (Å²) in [6.45, 7) is 0. The van der Waals surface area contributed by atoms with Crippen LogP contribution in [0.15, 0.2) is 60.4 Å². The molecule has 1 aliphatic rings. The van der Waals surface area contributed by atoms with Crippen molar-refractivity contribution in [3.63, 3.8) is 0 Å². The average molecular weight is 350 g/mol. The third kappa shape index (κ3) is 2.23. The lowest BCUT2D eigenvalue weighted by atomic mass is 9.95. The van der Waals surface area contributed by atoms with Crippen LogP contribution < -0.4 is 0 Å². The van der Waals surface area contributed by atoms with Gasteiger partial charge in [-0.25, -0.2) is 9.37 Å². The number of benzene rings is 2. The summed E-state index contributed by atoms with van der Waals surface area (Å²) in [7, 11) is 0. The number of aromatic nitrogens is 2. The molecule has 0 amide bonds. The van der Waals surface area contributed by atoms with E-state index < -0.39 is 6.10 Å². The van der Waals surface area contributed by atoms with Gasteiger partial charge in [0.05, 0.1) is 30.4 Å². The van der Waals surface area contributed by atoms with Crippen molar-refractivity contribution in [2.45, 2.75) is 18.6 Å². The first kappa shape index (κ1) is 14.8. The Morgan fingerprint density at radius 2 is 2.12 bits per heavy atom. The number of aliphatic hydroxyl groups excluding tert-OH is 1. The molecule has 5 rings (SSSR count). The first-order valence-electron chi connectivity index (χ1n) is 8.18. The highest BCUT2D eigenvalue weighted by Gasteiger charge is 2.30. The summed E-state index contributed by atoms with van der Waals surface area (Å²) in [6, 6.07) is 13.3. The second kappa shape index (κ2) is 5.51. The van der Waals surface area contributed by atoms with Gasteiger partial charge in [0.1, 0.15) is 5.82 Å². The molecular weight excluding hydrogens is 335 g/mol. The predicted molar refractivity (Wildman–Crippen MR) is 97.2 cm³/mol.